The van der Waals surface area contributed by atoms with Gasteiger partial charge in [0.15, 0.2) is 0 Å². The number of para-hydroxylation sites is 2. The van der Waals surface area contributed by atoms with Gasteiger partial charge in [0, 0.05) is 25.3 Å². The van der Waals surface area contributed by atoms with Crippen molar-refractivity contribution in [3.63, 3.8) is 0 Å². The zero-order valence-electron chi connectivity index (χ0n) is 22.3. The van der Waals surface area contributed by atoms with Crippen molar-refractivity contribution in [1.82, 2.24) is 24.3 Å². The summed E-state index contributed by atoms with van der Waals surface area (Å²) in [6.45, 7) is 9.31. The Morgan fingerprint density at radius 3 is 2.44 bits per heavy atom. The molecule has 1 aromatic carbocycles. The lowest BCUT2D eigenvalue weighted by atomic mass is 9.91. The molecule has 7 heteroatoms. The van der Waals surface area contributed by atoms with Crippen LogP contribution in [0, 0.1) is 6.92 Å². The van der Waals surface area contributed by atoms with Gasteiger partial charge in [-0.15, -0.1) is 0 Å². The van der Waals surface area contributed by atoms with E-state index < -0.39 is 5.60 Å². The quantitative estimate of drug-likeness (QED) is 0.438. The predicted molar refractivity (Wildman–Crippen MR) is 142 cm³/mol. The van der Waals surface area contributed by atoms with Crippen molar-refractivity contribution in [3.05, 3.63) is 59.7 Å². The Morgan fingerprint density at radius 1 is 1.00 bits per heavy atom. The van der Waals surface area contributed by atoms with Crippen molar-refractivity contribution in [2.75, 3.05) is 20.1 Å². The number of ether oxygens (including phenoxy) is 1. The average Bonchev–Trinajstić information content (AvgIpc) is 3.23. The number of likely N-dealkylation sites (tertiary alicyclic amines) is 2. The highest BCUT2D eigenvalue weighted by molar-refractivity contribution is 5.76. The molecule has 2 aliphatic heterocycles. The number of benzene rings is 1. The van der Waals surface area contributed by atoms with E-state index in [1.807, 2.05) is 37.9 Å². The number of carbonyl (C=O) groups excluding carboxylic acids is 1. The zero-order valence-corrected chi connectivity index (χ0v) is 22.3. The van der Waals surface area contributed by atoms with Crippen molar-refractivity contribution >= 4 is 17.1 Å². The first-order valence-corrected chi connectivity index (χ1v) is 13.3. The van der Waals surface area contributed by atoms with Crippen LogP contribution in [-0.4, -0.2) is 56.2 Å². The minimum absolute atomic E-state index is 0.211. The molecule has 36 heavy (non-hydrogen) atoms. The van der Waals surface area contributed by atoms with Gasteiger partial charge in [-0.05, 0) is 90.6 Å². The fraction of sp³-hybridized carbons (Fsp3) is 0.552. The lowest BCUT2D eigenvalue weighted by Crippen LogP contribution is -2.42. The van der Waals surface area contributed by atoms with Gasteiger partial charge in [-0.3, -0.25) is 9.88 Å². The van der Waals surface area contributed by atoms with E-state index in [9.17, 15) is 4.79 Å². The van der Waals surface area contributed by atoms with Crippen LogP contribution in [0.5, 0.6) is 0 Å². The molecule has 2 aromatic heterocycles. The Hall–Kier alpha value is -2.93. The molecule has 2 aliphatic rings. The summed E-state index contributed by atoms with van der Waals surface area (Å²) in [5.74, 6) is 1.15. The maximum absolute atomic E-state index is 12.6. The van der Waals surface area contributed by atoms with E-state index in [4.69, 9.17) is 14.7 Å². The maximum Gasteiger partial charge on any atom is 0.410 e. The molecule has 0 aliphatic carbocycles. The minimum atomic E-state index is -0.476. The van der Waals surface area contributed by atoms with E-state index in [1.165, 1.54) is 16.8 Å². The monoisotopic (exact) mass is 489 g/mol. The average molecular weight is 490 g/mol. The molecule has 0 saturated carbocycles. The SMILES string of the molecule is Cc1cccnc1[C@@H]1CCC[C@H](c2nc3ccccc3n2C2CCN(C(=O)OC(C)(C)C)CC2)N1C. The molecule has 192 valence electrons. The standard InChI is InChI=1S/C29H39N5O2/c1-20-10-9-17-30-26(20)24-13-8-14-25(32(24)5)27-31-22-11-6-7-12-23(22)34(27)21-15-18-33(19-16-21)28(35)36-29(2,3)4/h6-7,9-12,17,21,24-25H,8,13-16,18-19H2,1-5H3/t24-,25+/m0/s1. The number of aromatic nitrogens is 3. The Labute approximate surface area is 214 Å². The minimum Gasteiger partial charge on any atom is -0.444 e. The van der Waals surface area contributed by atoms with Crippen LogP contribution in [0.25, 0.3) is 11.0 Å². The van der Waals surface area contributed by atoms with Gasteiger partial charge in [0.2, 0.25) is 0 Å². The third-order valence-electron chi connectivity index (χ3n) is 7.71. The summed E-state index contributed by atoms with van der Waals surface area (Å²) in [4.78, 5) is 27.0. The third-order valence-corrected chi connectivity index (χ3v) is 7.71. The molecule has 2 saturated heterocycles. The van der Waals surface area contributed by atoms with Crippen molar-refractivity contribution in [2.24, 2.45) is 0 Å². The van der Waals surface area contributed by atoms with Crippen LogP contribution < -0.4 is 0 Å². The van der Waals surface area contributed by atoms with Crippen LogP contribution in [0.3, 0.4) is 0 Å². The van der Waals surface area contributed by atoms with Gasteiger partial charge in [0.05, 0.1) is 28.8 Å². The summed E-state index contributed by atoms with van der Waals surface area (Å²) in [7, 11) is 2.23. The van der Waals surface area contributed by atoms with Crippen LogP contribution in [0.15, 0.2) is 42.6 Å². The molecule has 3 aromatic rings. The van der Waals surface area contributed by atoms with Gasteiger partial charge < -0.3 is 14.2 Å². The summed E-state index contributed by atoms with van der Waals surface area (Å²) in [6.07, 6.45) is 6.83. The van der Waals surface area contributed by atoms with Crippen molar-refractivity contribution in [2.45, 2.75) is 83.5 Å². The number of carbonyl (C=O) groups is 1. The molecular weight excluding hydrogens is 450 g/mol. The Bertz CT molecular complexity index is 1220. The molecule has 0 spiro atoms. The number of fused-ring (bicyclic) bond motifs is 1. The molecule has 0 radical (unpaired) electrons. The number of amides is 1. The Balaban J connectivity index is 1.43. The molecule has 5 rings (SSSR count). The molecule has 7 nitrogen and oxygen atoms in total. The molecule has 2 atom stereocenters. The summed E-state index contributed by atoms with van der Waals surface area (Å²) in [6, 6.07) is 13.5. The van der Waals surface area contributed by atoms with Gasteiger partial charge in [0.25, 0.3) is 0 Å². The normalized spacial score (nSPS) is 22.2. The number of rotatable bonds is 3. The molecule has 4 heterocycles. The van der Waals surface area contributed by atoms with E-state index in [1.54, 1.807) is 0 Å². The number of imidazole rings is 1. The number of nitrogens with zero attached hydrogens (tertiary/aromatic N) is 5. The molecule has 0 bridgehead atoms. The van der Waals surface area contributed by atoms with Gasteiger partial charge in [-0.2, -0.15) is 0 Å². The fourth-order valence-electron chi connectivity index (χ4n) is 5.93. The molecular formula is C29H39N5O2. The molecule has 0 unspecified atom stereocenters. The van der Waals surface area contributed by atoms with Crippen molar-refractivity contribution in [1.29, 1.82) is 0 Å². The van der Waals surface area contributed by atoms with E-state index in [0.29, 0.717) is 19.1 Å². The second-order valence-corrected chi connectivity index (χ2v) is 11.4. The molecule has 1 amide bonds. The van der Waals surface area contributed by atoms with Crippen LogP contribution in [0.2, 0.25) is 0 Å². The maximum atomic E-state index is 12.6. The van der Waals surface area contributed by atoms with Crippen LogP contribution in [-0.2, 0) is 4.74 Å². The van der Waals surface area contributed by atoms with E-state index in [0.717, 1.165) is 43.4 Å². The number of aryl methyl sites for hydroxylation is 1. The smallest absolute Gasteiger partial charge is 0.410 e. The van der Waals surface area contributed by atoms with Crippen molar-refractivity contribution in [3.8, 4) is 0 Å². The van der Waals surface area contributed by atoms with Crippen LogP contribution in [0.1, 0.15) is 88.1 Å². The first-order chi connectivity index (χ1) is 17.2. The number of piperidine rings is 2. The van der Waals surface area contributed by atoms with Gasteiger partial charge in [0.1, 0.15) is 11.4 Å². The van der Waals surface area contributed by atoms with E-state index in [2.05, 4.69) is 53.8 Å². The third kappa shape index (κ3) is 4.85. The van der Waals surface area contributed by atoms with Crippen LogP contribution >= 0.6 is 0 Å². The number of hydrogen-bond donors (Lipinski definition) is 0. The first-order valence-electron chi connectivity index (χ1n) is 13.3. The number of pyridine rings is 1. The van der Waals surface area contributed by atoms with Crippen molar-refractivity contribution < 1.29 is 9.53 Å². The predicted octanol–water partition coefficient (Wildman–Crippen LogP) is 6.21. The Morgan fingerprint density at radius 2 is 1.72 bits per heavy atom. The first kappa shape index (κ1) is 24.8. The highest BCUT2D eigenvalue weighted by Crippen LogP contribution is 2.42. The summed E-state index contributed by atoms with van der Waals surface area (Å²) < 4.78 is 8.11. The van der Waals surface area contributed by atoms with Gasteiger partial charge >= 0.3 is 6.09 Å². The van der Waals surface area contributed by atoms with Crippen LogP contribution in [0.4, 0.5) is 4.79 Å². The summed E-state index contributed by atoms with van der Waals surface area (Å²) in [5.41, 5.74) is 4.19. The Kier molecular flexibility index (Phi) is 6.77. The van der Waals surface area contributed by atoms with E-state index in [-0.39, 0.29) is 18.2 Å². The highest BCUT2D eigenvalue weighted by Gasteiger charge is 2.36. The lowest BCUT2D eigenvalue weighted by molar-refractivity contribution is 0.0186. The molecule has 0 N–H and O–H groups in total. The van der Waals surface area contributed by atoms with Gasteiger partial charge in [-0.1, -0.05) is 18.2 Å². The lowest BCUT2D eigenvalue weighted by Gasteiger charge is -2.41. The van der Waals surface area contributed by atoms with E-state index >= 15 is 0 Å². The topological polar surface area (TPSA) is 63.5 Å². The highest BCUT2D eigenvalue weighted by atomic mass is 16.6. The second kappa shape index (κ2) is 9.85. The number of hydrogen-bond acceptors (Lipinski definition) is 5. The largest absolute Gasteiger partial charge is 0.444 e. The second-order valence-electron chi connectivity index (χ2n) is 11.4. The molecule has 2 fully saturated rings. The summed E-state index contributed by atoms with van der Waals surface area (Å²) >= 11 is 0. The summed E-state index contributed by atoms with van der Waals surface area (Å²) in [5, 5.41) is 0. The zero-order chi connectivity index (χ0) is 25.4. The van der Waals surface area contributed by atoms with Gasteiger partial charge in [-0.25, -0.2) is 9.78 Å². The fourth-order valence-corrected chi connectivity index (χ4v) is 5.93.